The molecule has 0 aromatic carbocycles. The van der Waals surface area contributed by atoms with Crippen LogP contribution in [0.2, 0.25) is 0 Å². The molecule has 0 rings (SSSR count). The van der Waals surface area contributed by atoms with Crippen LogP contribution in [0.4, 0.5) is 13.2 Å². The molecule has 0 bridgehead atoms. The van der Waals surface area contributed by atoms with Crippen LogP contribution in [-0.4, -0.2) is 19.3 Å². The van der Waals surface area contributed by atoms with Crippen molar-refractivity contribution in [2.24, 2.45) is 5.41 Å². The van der Waals surface area contributed by atoms with Crippen LogP contribution in [0.3, 0.4) is 0 Å². The summed E-state index contributed by atoms with van der Waals surface area (Å²) in [6.07, 6.45) is -3.88. The fourth-order valence-corrected chi connectivity index (χ4v) is 0.819. The third-order valence-electron chi connectivity index (χ3n) is 1.64. The second-order valence-corrected chi connectivity index (χ2v) is 4.43. The van der Waals surface area contributed by atoms with Crippen molar-refractivity contribution in [1.29, 1.82) is 0 Å². The van der Waals surface area contributed by atoms with E-state index in [0.29, 0.717) is 6.54 Å². The van der Waals surface area contributed by atoms with E-state index in [1.807, 2.05) is 0 Å². The molecule has 0 saturated carbocycles. The lowest BCUT2D eigenvalue weighted by Gasteiger charge is -2.18. The van der Waals surface area contributed by atoms with Crippen LogP contribution in [0.5, 0.6) is 0 Å². The van der Waals surface area contributed by atoms with Gasteiger partial charge in [-0.3, -0.25) is 0 Å². The molecule has 0 aliphatic rings. The first-order chi connectivity index (χ1) is 5.71. The van der Waals surface area contributed by atoms with Crippen LogP contribution < -0.4 is 5.32 Å². The number of hydrogen-bond acceptors (Lipinski definition) is 1. The Hall–Kier alpha value is -0.250. The van der Waals surface area contributed by atoms with E-state index in [4.69, 9.17) is 0 Å². The van der Waals surface area contributed by atoms with Crippen molar-refractivity contribution in [3.63, 3.8) is 0 Å². The molecule has 0 saturated heterocycles. The normalized spacial score (nSPS) is 13.4. The van der Waals surface area contributed by atoms with Gasteiger partial charge in [0.05, 0.1) is 6.42 Å². The molecular weight excluding hydrogens is 179 g/mol. The topological polar surface area (TPSA) is 12.0 Å². The number of hydrogen-bond donors (Lipinski definition) is 1. The van der Waals surface area contributed by atoms with Gasteiger partial charge in [0.25, 0.3) is 0 Å². The van der Waals surface area contributed by atoms with Gasteiger partial charge < -0.3 is 5.32 Å². The van der Waals surface area contributed by atoms with Gasteiger partial charge in [-0.1, -0.05) is 20.8 Å². The van der Waals surface area contributed by atoms with Gasteiger partial charge in [0.15, 0.2) is 0 Å². The van der Waals surface area contributed by atoms with E-state index in [9.17, 15) is 13.2 Å². The van der Waals surface area contributed by atoms with Crippen molar-refractivity contribution in [2.45, 2.75) is 39.8 Å². The molecule has 0 unspecified atom stereocenters. The summed E-state index contributed by atoms with van der Waals surface area (Å²) in [5.74, 6) is 0. The Morgan fingerprint density at radius 2 is 1.38 bits per heavy atom. The second kappa shape index (κ2) is 4.84. The molecule has 0 aliphatic carbocycles. The molecule has 80 valence electrons. The average Bonchev–Trinajstić information content (AvgIpc) is 1.81. The summed E-state index contributed by atoms with van der Waals surface area (Å²) in [7, 11) is 0. The molecule has 0 radical (unpaired) electrons. The maximum absolute atomic E-state index is 11.7. The Balaban J connectivity index is 3.28. The van der Waals surface area contributed by atoms with E-state index in [1.54, 1.807) is 0 Å². The molecule has 0 spiro atoms. The molecule has 13 heavy (non-hydrogen) atoms. The Kier molecular flexibility index (Phi) is 4.75. The van der Waals surface area contributed by atoms with Gasteiger partial charge in [0, 0.05) is 6.54 Å². The summed E-state index contributed by atoms with van der Waals surface area (Å²) < 4.78 is 35.0. The number of nitrogens with one attached hydrogen (secondary N) is 1. The molecule has 1 nitrogen and oxygen atoms in total. The molecular formula is C9H18F3N. The largest absolute Gasteiger partial charge is 0.390 e. The molecule has 0 fully saturated rings. The summed E-state index contributed by atoms with van der Waals surface area (Å²) in [6, 6.07) is 0. The summed E-state index contributed by atoms with van der Waals surface area (Å²) in [5.41, 5.74) is 0.186. The Morgan fingerprint density at radius 3 is 1.77 bits per heavy atom. The van der Waals surface area contributed by atoms with Crippen molar-refractivity contribution in [1.82, 2.24) is 5.32 Å². The van der Waals surface area contributed by atoms with E-state index in [1.165, 1.54) is 0 Å². The second-order valence-electron chi connectivity index (χ2n) is 4.43. The fourth-order valence-electron chi connectivity index (χ4n) is 0.819. The summed E-state index contributed by atoms with van der Waals surface area (Å²) in [5, 5.41) is 2.78. The van der Waals surface area contributed by atoms with E-state index in [0.717, 1.165) is 6.42 Å². The minimum atomic E-state index is -4.03. The first-order valence-electron chi connectivity index (χ1n) is 4.48. The van der Waals surface area contributed by atoms with Crippen LogP contribution in [0.1, 0.15) is 33.6 Å². The quantitative estimate of drug-likeness (QED) is 0.683. The third-order valence-corrected chi connectivity index (χ3v) is 1.64. The molecule has 0 heterocycles. The molecule has 0 aromatic rings. The zero-order valence-corrected chi connectivity index (χ0v) is 8.46. The smallest absolute Gasteiger partial charge is 0.316 e. The highest BCUT2D eigenvalue weighted by Gasteiger charge is 2.25. The van der Waals surface area contributed by atoms with Gasteiger partial charge in [-0.25, -0.2) is 0 Å². The van der Waals surface area contributed by atoms with E-state index in [-0.39, 0.29) is 12.0 Å². The highest BCUT2D eigenvalue weighted by atomic mass is 19.4. The molecule has 0 amide bonds. The molecule has 0 aromatic heterocycles. The summed E-state index contributed by atoms with van der Waals surface area (Å²) >= 11 is 0. The molecule has 0 atom stereocenters. The SMILES string of the molecule is CC(C)(C)CCNCCC(F)(F)F. The lowest BCUT2D eigenvalue weighted by molar-refractivity contribution is -0.133. The first-order valence-corrected chi connectivity index (χ1v) is 4.48. The summed E-state index contributed by atoms with van der Waals surface area (Å²) in [6.45, 7) is 6.88. The molecule has 0 aliphatic heterocycles. The zero-order chi connectivity index (χ0) is 10.5. The van der Waals surface area contributed by atoms with Crippen molar-refractivity contribution < 1.29 is 13.2 Å². The summed E-state index contributed by atoms with van der Waals surface area (Å²) in [4.78, 5) is 0. The van der Waals surface area contributed by atoms with Gasteiger partial charge in [-0.15, -0.1) is 0 Å². The number of rotatable bonds is 4. The van der Waals surface area contributed by atoms with Gasteiger partial charge in [0.1, 0.15) is 0 Å². The average molecular weight is 197 g/mol. The molecule has 1 N–H and O–H groups in total. The molecule has 4 heteroatoms. The van der Waals surface area contributed by atoms with E-state index < -0.39 is 12.6 Å². The maximum atomic E-state index is 11.7. The Morgan fingerprint density at radius 1 is 0.923 bits per heavy atom. The lowest BCUT2D eigenvalue weighted by atomic mass is 9.92. The van der Waals surface area contributed by atoms with Crippen LogP contribution in [-0.2, 0) is 0 Å². The minimum Gasteiger partial charge on any atom is -0.316 e. The lowest BCUT2D eigenvalue weighted by Crippen LogP contribution is -2.25. The van der Waals surface area contributed by atoms with E-state index in [2.05, 4.69) is 26.1 Å². The highest BCUT2D eigenvalue weighted by Crippen LogP contribution is 2.19. The minimum absolute atomic E-state index is 0.0274. The van der Waals surface area contributed by atoms with Crippen LogP contribution >= 0.6 is 0 Å². The van der Waals surface area contributed by atoms with Gasteiger partial charge in [0.2, 0.25) is 0 Å². The Labute approximate surface area is 77.7 Å². The standard InChI is InChI=1S/C9H18F3N/c1-8(2,3)4-6-13-7-5-9(10,11)12/h13H,4-7H2,1-3H3. The number of halogens is 3. The van der Waals surface area contributed by atoms with Crippen molar-refractivity contribution in [2.75, 3.05) is 13.1 Å². The predicted octanol–water partition coefficient (Wildman–Crippen LogP) is 2.96. The Bertz CT molecular complexity index is 119. The first kappa shape index (κ1) is 12.8. The van der Waals surface area contributed by atoms with E-state index >= 15 is 0 Å². The van der Waals surface area contributed by atoms with Crippen LogP contribution in [0.25, 0.3) is 0 Å². The van der Waals surface area contributed by atoms with Gasteiger partial charge in [-0.05, 0) is 18.4 Å². The number of alkyl halides is 3. The third kappa shape index (κ3) is 11.8. The van der Waals surface area contributed by atoms with Gasteiger partial charge in [-0.2, -0.15) is 13.2 Å². The van der Waals surface area contributed by atoms with Crippen LogP contribution in [0, 0.1) is 5.41 Å². The highest BCUT2D eigenvalue weighted by molar-refractivity contribution is 4.63. The van der Waals surface area contributed by atoms with Gasteiger partial charge >= 0.3 is 6.18 Å². The fraction of sp³-hybridized carbons (Fsp3) is 1.00. The van der Waals surface area contributed by atoms with Crippen molar-refractivity contribution >= 4 is 0 Å². The maximum Gasteiger partial charge on any atom is 0.390 e. The monoisotopic (exact) mass is 197 g/mol. The van der Waals surface area contributed by atoms with Crippen LogP contribution in [0.15, 0.2) is 0 Å². The van der Waals surface area contributed by atoms with Crippen molar-refractivity contribution in [3.05, 3.63) is 0 Å². The van der Waals surface area contributed by atoms with Crippen molar-refractivity contribution in [3.8, 4) is 0 Å². The predicted molar refractivity (Wildman–Crippen MR) is 47.6 cm³/mol. The zero-order valence-electron chi connectivity index (χ0n) is 8.46.